The summed E-state index contributed by atoms with van der Waals surface area (Å²) in [6, 6.07) is 17.4. The average molecular weight is 519 g/mol. The molecule has 36 heavy (non-hydrogen) atoms. The van der Waals surface area contributed by atoms with Gasteiger partial charge in [-0.25, -0.2) is 4.98 Å². The lowest BCUT2D eigenvalue weighted by atomic mass is 10.1. The predicted octanol–water partition coefficient (Wildman–Crippen LogP) is 4.96. The lowest BCUT2D eigenvalue weighted by molar-refractivity contribution is -0.113. The van der Waals surface area contributed by atoms with Crippen LogP contribution in [0.2, 0.25) is 0 Å². The van der Waals surface area contributed by atoms with E-state index in [0.717, 1.165) is 35.5 Å². The van der Waals surface area contributed by atoms with Crippen molar-refractivity contribution in [3.05, 3.63) is 76.9 Å². The number of hydrogen-bond acceptors (Lipinski definition) is 7. The number of amides is 2. The van der Waals surface area contributed by atoms with Crippen LogP contribution in [0.15, 0.2) is 65.1 Å². The van der Waals surface area contributed by atoms with Crippen molar-refractivity contribution < 1.29 is 9.59 Å². The van der Waals surface area contributed by atoms with Crippen molar-refractivity contribution in [1.29, 1.82) is 0 Å². The topological polar surface area (TPSA) is 93.0 Å². The first-order chi connectivity index (χ1) is 17.5. The molecule has 2 amide bonds. The van der Waals surface area contributed by atoms with Gasteiger partial charge in [0.2, 0.25) is 5.91 Å². The number of rotatable bonds is 7. The predicted molar refractivity (Wildman–Crippen MR) is 142 cm³/mol. The van der Waals surface area contributed by atoms with E-state index in [1.807, 2.05) is 83.4 Å². The molecule has 1 fully saturated rings. The van der Waals surface area contributed by atoms with Gasteiger partial charge in [-0.2, -0.15) is 0 Å². The monoisotopic (exact) mass is 518 g/mol. The van der Waals surface area contributed by atoms with Crippen molar-refractivity contribution >= 4 is 40.0 Å². The standard InChI is InChI=1S/C26H26N6O2S2/c1-17-8-6-11-19(14-17)24(34)32-13-7-12-21(32)23-29-30-26(31(23)2)36-16-22(33)28-25-27-20(15-35-25)18-9-4-3-5-10-18/h3-6,8-11,14-15,21H,7,12-13,16H2,1-2H3,(H,27,28,33). The minimum absolute atomic E-state index is 0.0103. The van der Waals surface area contributed by atoms with Crippen LogP contribution >= 0.6 is 23.1 Å². The SMILES string of the molecule is Cc1cccc(C(=O)N2CCCC2c2nnc(SCC(=O)Nc3nc(-c4ccccc4)cs3)n2C)c1. The summed E-state index contributed by atoms with van der Waals surface area (Å²) in [6.45, 7) is 2.67. The number of aromatic nitrogens is 4. The zero-order chi connectivity index (χ0) is 25.1. The van der Waals surface area contributed by atoms with Crippen LogP contribution in [0.5, 0.6) is 0 Å². The summed E-state index contributed by atoms with van der Waals surface area (Å²) in [6.07, 6.45) is 1.75. The lowest BCUT2D eigenvalue weighted by Crippen LogP contribution is -2.32. The summed E-state index contributed by atoms with van der Waals surface area (Å²) in [7, 11) is 1.89. The molecule has 0 spiro atoms. The number of hydrogen-bond donors (Lipinski definition) is 1. The number of thioether (sulfide) groups is 1. The van der Waals surface area contributed by atoms with Gasteiger partial charge in [0.15, 0.2) is 16.1 Å². The van der Waals surface area contributed by atoms with E-state index >= 15 is 0 Å². The molecule has 1 unspecified atom stereocenters. The Balaban J connectivity index is 1.21. The molecule has 2 aromatic carbocycles. The number of likely N-dealkylation sites (tertiary alicyclic amines) is 1. The highest BCUT2D eigenvalue weighted by Gasteiger charge is 2.34. The molecule has 0 radical (unpaired) electrons. The van der Waals surface area contributed by atoms with Gasteiger partial charge in [0.05, 0.1) is 17.5 Å². The van der Waals surface area contributed by atoms with Crippen LogP contribution in [0.3, 0.4) is 0 Å². The molecule has 5 rings (SSSR count). The van der Waals surface area contributed by atoms with Crippen LogP contribution in [0, 0.1) is 6.92 Å². The second kappa shape index (κ2) is 10.6. The van der Waals surface area contributed by atoms with Crippen molar-refractivity contribution in [1.82, 2.24) is 24.6 Å². The number of carbonyl (C=O) groups is 2. The number of aryl methyl sites for hydroxylation is 1. The van der Waals surface area contributed by atoms with E-state index in [0.29, 0.717) is 22.4 Å². The largest absolute Gasteiger partial charge is 0.328 e. The quantitative estimate of drug-likeness (QED) is 0.348. The minimum Gasteiger partial charge on any atom is -0.328 e. The van der Waals surface area contributed by atoms with E-state index in [-0.39, 0.29) is 23.6 Å². The van der Waals surface area contributed by atoms with Gasteiger partial charge in [-0.15, -0.1) is 21.5 Å². The summed E-state index contributed by atoms with van der Waals surface area (Å²) in [4.78, 5) is 32.1. The molecule has 3 heterocycles. The van der Waals surface area contributed by atoms with Crippen LogP contribution in [0.4, 0.5) is 5.13 Å². The lowest BCUT2D eigenvalue weighted by Gasteiger charge is -2.24. The van der Waals surface area contributed by atoms with E-state index in [4.69, 9.17) is 0 Å². The zero-order valence-corrected chi connectivity index (χ0v) is 21.7. The maximum Gasteiger partial charge on any atom is 0.254 e. The van der Waals surface area contributed by atoms with E-state index in [9.17, 15) is 9.59 Å². The van der Waals surface area contributed by atoms with Crippen molar-refractivity contribution in [2.45, 2.75) is 31.0 Å². The summed E-state index contributed by atoms with van der Waals surface area (Å²) < 4.78 is 1.89. The fourth-order valence-electron chi connectivity index (χ4n) is 4.32. The maximum atomic E-state index is 13.2. The molecule has 1 N–H and O–H groups in total. The molecule has 2 aromatic heterocycles. The van der Waals surface area contributed by atoms with Crippen molar-refractivity contribution in [2.24, 2.45) is 7.05 Å². The van der Waals surface area contributed by atoms with Gasteiger partial charge in [0.25, 0.3) is 5.91 Å². The van der Waals surface area contributed by atoms with E-state index < -0.39 is 0 Å². The van der Waals surface area contributed by atoms with Crippen molar-refractivity contribution in [2.75, 3.05) is 17.6 Å². The molecular formula is C26H26N6O2S2. The second-order valence-corrected chi connectivity index (χ2v) is 10.5. The van der Waals surface area contributed by atoms with Gasteiger partial charge in [-0.1, -0.05) is 59.8 Å². The van der Waals surface area contributed by atoms with Gasteiger partial charge in [0, 0.05) is 30.1 Å². The third-order valence-electron chi connectivity index (χ3n) is 6.10. The van der Waals surface area contributed by atoms with Gasteiger partial charge in [-0.05, 0) is 31.9 Å². The van der Waals surface area contributed by atoms with E-state index in [1.165, 1.54) is 23.1 Å². The van der Waals surface area contributed by atoms with Gasteiger partial charge in [-0.3, -0.25) is 9.59 Å². The number of anilines is 1. The highest BCUT2D eigenvalue weighted by Crippen LogP contribution is 2.33. The Bertz CT molecular complexity index is 1380. The molecular weight excluding hydrogens is 492 g/mol. The van der Waals surface area contributed by atoms with Crippen molar-refractivity contribution in [3.63, 3.8) is 0 Å². The molecule has 0 bridgehead atoms. The second-order valence-electron chi connectivity index (χ2n) is 8.67. The first kappa shape index (κ1) is 24.2. The molecule has 1 atom stereocenters. The average Bonchev–Trinajstić information content (AvgIpc) is 3.63. The molecule has 1 aliphatic heterocycles. The third kappa shape index (κ3) is 5.19. The molecule has 8 nitrogen and oxygen atoms in total. The summed E-state index contributed by atoms with van der Waals surface area (Å²) in [5.74, 6) is 0.776. The maximum absolute atomic E-state index is 13.2. The van der Waals surface area contributed by atoms with Crippen LogP contribution in [0.1, 0.15) is 40.6 Å². The Kier molecular flexibility index (Phi) is 7.15. The summed E-state index contributed by atoms with van der Waals surface area (Å²) in [5.41, 5.74) is 3.59. The van der Waals surface area contributed by atoms with Crippen molar-refractivity contribution in [3.8, 4) is 11.3 Å². The first-order valence-corrected chi connectivity index (χ1v) is 13.6. The van der Waals surface area contributed by atoms with Crippen LogP contribution in [-0.4, -0.2) is 48.8 Å². The molecule has 1 saturated heterocycles. The minimum atomic E-state index is -0.157. The van der Waals surface area contributed by atoms with E-state index in [1.54, 1.807) is 0 Å². The molecule has 10 heteroatoms. The summed E-state index contributed by atoms with van der Waals surface area (Å²) in [5, 5.41) is 14.7. The number of nitrogens with one attached hydrogen (secondary N) is 1. The summed E-state index contributed by atoms with van der Waals surface area (Å²) >= 11 is 2.71. The van der Waals surface area contributed by atoms with Gasteiger partial charge < -0.3 is 14.8 Å². The molecule has 0 aliphatic carbocycles. The number of nitrogens with zero attached hydrogens (tertiary/aromatic N) is 5. The number of thiazole rings is 1. The Morgan fingerprint density at radius 3 is 2.78 bits per heavy atom. The number of carbonyl (C=O) groups excluding carboxylic acids is 2. The Morgan fingerprint density at radius 2 is 1.97 bits per heavy atom. The van der Waals surface area contributed by atoms with E-state index in [2.05, 4.69) is 20.5 Å². The van der Waals surface area contributed by atoms with Gasteiger partial charge >= 0.3 is 0 Å². The highest BCUT2D eigenvalue weighted by atomic mass is 32.2. The van der Waals surface area contributed by atoms with Crippen LogP contribution < -0.4 is 5.32 Å². The fraction of sp³-hybridized carbons (Fsp3) is 0.269. The molecule has 184 valence electrons. The fourth-order valence-corrected chi connectivity index (χ4v) is 5.78. The van der Waals surface area contributed by atoms with Gasteiger partial charge in [0.1, 0.15) is 0 Å². The molecule has 0 saturated carbocycles. The Morgan fingerprint density at radius 1 is 1.14 bits per heavy atom. The highest BCUT2D eigenvalue weighted by molar-refractivity contribution is 7.99. The third-order valence-corrected chi connectivity index (χ3v) is 7.88. The smallest absolute Gasteiger partial charge is 0.254 e. The Hall–Kier alpha value is -3.50. The number of benzene rings is 2. The van der Waals surface area contributed by atoms with Crippen LogP contribution in [0.25, 0.3) is 11.3 Å². The zero-order valence-electron chi connectivity index (χ0n) is 20.0. The Labute approximate surface area is 217 Å². The molecule has 4 aromatic rings. The first-order valence-electron chi connectivity index (χ1n) is 11.7. The normalized spacial score (nSPS) is 15.3. The molecule has 1 aliphatic rings. The van der Waals surface area contributed by atoms with Crippen LogP contribution in [-0.2, 0) is 11.8 Å².